The first kappa shape index (κ1) is 16.1. The Morgan fingerprint density at radius 1 is 1.29 bits per heavy atom. The van der Waals surface area contributed by atoms with Gasteiger partial charge < -0.3 is 10.2 Å². The van der Waals surface area contributed by atoms with Gasteiger partial charge in [-0.25, -0.2) is 9.97 Å². The quantitative estimate of drug-likeness (QED) is 0.913. The van der Waals surface area contributed by atoms with Crippen LogP contribution in [0.1, 0.15) is 59.4 Å². The molecule has 2 rings (SSSR count). The Kier molecular flexibility index (Phi) is 5.07. The molecule has 3 unspecified atom stereocenters. The number of piperidine rings is 1. The van der Waals surface area contributed by atoms with E-state index in [4.69, 9.17) is 0 Å². The molecule has 1 fully saturated rings. The first-order chi connectivity index (χ1) is 9.95. The van der Waals surface area contributed by atoms with Crippen LogP contribution in [0.15, 0.2) is 6.33 Å². The van der Waals surface area contributed by atoms with Crippen molar-refractivity contribution in [3.05, 3.63) is 11.9 Å². The summed E-state index contributed by atoms with van der Waals surface area (Å²) in [5.41, 5.74) is 1.26. The molecule has 0 amide bonds. The normalized spacial score (nSPS) is 26.2. The van der Waals surface area contributed by atoms with Crippen LogP contribution < -0.4 is 10.2 Å². The van der Waals surface area contributed by atoms with E-state index in [0.29, 0.717) is 23.8 Å². The smallest absolute Gasteiger partial charge is 0.137 e. The predicted octanol–water partition coefficient (Wildman–Crippen LogP) is 3.90. The second-order valence-electron chi connectivity index (χ2n) is 6.86. The minimum Gasteiger partial charge on any atom is -0.370 e. The topological polar surface area (TPSA) is 41.1 Å². The number of rotatable bonds is 4. The van der Waals surface area contributed by atoms with Crippen molar-refractivity contribution < 1.29 is 0 Å². The van der Waals surface area contributed by atoms with Gasteiger partial charge in [0.05, 0.1) is 0 Å². The lowest BCUT2D eigenvalue weighted by atomic mass is 9.85. The van der Waals surface area contributed by atoms with Crippen LogP contribution in [0.25, 0.3) is 0 Å². The number of nitrogens with one attached hydrogen (secondary N) is 1. The minimum atomic E-state index is 0.412. The summed E-state index contributed by atoms with van der Waals surface area (Å²) in [6.07, 6.45) is 3.01. The Labute approximate surface area is 129 Å². The molecule has 4 nitrogen and oxygen atoms in total. The summed E-state index contributed by atoms with van der Waals surface area (Å²) >= 11 is 0. The van der Waals surface area contributed by atoms with Gasteiger partial charge in [-0.2, -0.15) is 0 Å². The molecule has 3 atom stereocenters. The van der Waals surface area contributed by atoms with Gasteiger partial charge in [0.1, 0.15) is 18.0 Å². The van der Waals surface area contributed by atoms with Gasteiger partial charge in [-0.3, -0.25) is 0 Å². The lowest BCUT2D eigenvalue weighted by molar-refractivity contribution is 0.295. The summed E-state index contributed by atoms with van der Waals surface area (Å²) < 4.78 is 0. The lowest BCUT2D eigenvalue weighted by Gasteiger charge is -2.43. The standard InChI is InChI=1S/C17H30N4/c1-7-18-16-15(11(2)3)17(20-10-19-16)21-9-12(4)8-13(5)14(21)6/h10-14H,7-9H2,1-6H3,(H,18,19,20). The zero-order valence-corrected chi connectivity index (χ0v) is 14.3. The third kappa shape index (κ3) is 3.30. The third-order valence-corrected chi connectivity index (χ3v) is 4.65. The Balaban J connectivity index is 2.44. The molecule has 1 aliphatic heterocycles. The fraction of sp³-hybridized carbons (Fsp3) is 0.765. The Hall–Kier alpha value is -1.32. The van der Waals surface area contributed by atoms with Gasteiger partial charge in [0.15, 0.2) is 0 Å². The monoisotopic (exact) mass is 290 g/mol. The van der Waals surface area contributed by atoms with Gasteiger partial charge in [0.2, 0.25) is 0 Å². The van der Waals surface area contributed by atoms with E-state index in [0.717, 1.165) is 24.7 Å². The van der Waals surface area contributed by atoms with Gasteiger partial charge in [-0.1, -0.05) is 27.7 Å². The van der Waals surface area contributed by atoms with E-state index in [1.165, 1.54) is 12.0 Å². The zero-order chi connectivity index (χ0) is 15.6. The maximum Gasteiger partial charge on any atom is 0.137 e. The number of nitrogens with zero attached hydrogens (tertiary/aromatic N) is 3. The van der Waals surface area contributed by atoms with Crippen LogP contribution in [0.5, 0.6) is 0 Å². The van der Waals surface area contributed by atoms with Crippen LogP contribution in [0.4, 0.5) is 11.6 Å². The van der Waals surface area contributed by atoms with E-state index in [9.17, 15) is 0 Å². The average molecular weight is 290 g/mol. The number of hydrogen-bond donors (Lipinski definition) is 1. The molecular weight excluding hydrogens is 260 g/mol. The highest BCUT2D eigenvalue weighted by atomic mass is 15.2. The Morgan fingerprint density at radius 3 is 2.62 bits per heavy atom. The molecule has 0 aliphatic carbocycles. The first-order valence-electron chi connectivity index (χ1n) is 8.31. The fourth-order valence-corrected chi connectivity index (χ4v) is 3.45. The van der Waals surface area contributed by atoms with E-state index < -0.39 is 0 Å². The molecule has 1 N–H and O–H groups in total. The van der Waals surface area contributed by atoms with Crippen LogP contribution in [0.3, 0.4) is 0 Å². The molecule has 1 aromatic heterocycles. The van der Waals surface area contributed by atoms with E-state index in [1.54, 1.807) is 6.33 Å². The molecule has 0 spiro atoms. The molecule has 1 aromatic rings. The van der Waals surface area contributed by atoms with Crippen LogP contribution in [0, 0.1) is 11.8 Å². The molecule has 0 saturated carbocycles. The lowest BCUT2D eigenvalue weighted by Crippen LogP contribution is -2.46. The second kappa shape index (κ2) is 6.63. The van der Waals surface area contributed by atoms with Crippen molar-refractivity contribution in [1.29, 1.82) is 0 Å². The number of anilines is 2. The minimum absolute atomic E-state index is 0.412. The van der Waals surface area contributed by atoms with Gasteiger partial charge in [0, 0.05) is 24.7 Å². The molecule has 2 heterocycles. The van der Waals surface area contributed by atoms with Crippen molar-refractivity contribution in [1.82, 2.24) is 9.97 Å². The van der Waals surface area contributed by atoms with E-state index in [2.05, 4.69) is 61.7 Å². The summed E-state index contributed by atoms with van der Waals surface area (Å²) in [7, 11) is 0. The molecule has 0 radical (unpaired) electrons. The number of aromatic nitrogens is 2. The highest BCUT2D eigenvalue weighted by molar-refractivity contribution is 5.61. The first-order valence-corrected chi connectivity index (χ1v) is 8.31. The van der Waals surface area contributed by atoms with Gasteiger partial charge in [0.25, 0.3) is 0 Å². The van der Waals surface area contributed by atoms with E-state index >= 15 is 0 Å². The van der Waals surface area contributed by atoms with Crippen LogP contribution in [-0.2, 0) is 0 Å². The molecule has 1 aliphatic rings. The van der Waals surface area contributed by atoms with Crippen molar-refractivity contribution in [3.8, 4) is 0 Å². The Morgan fingerprint density at radius 2 is 2.00 bits per heavy atom. The molecule has 21 heavy (non-hydrogen) atoms. The van der Waals surface area contributed by atoms with Crippen molar-refractivity contribution in [2.24, 2.45) is 11.8 Å². The van der Waals surface area contributed by atoms with Crippen molar-refractivity contribution in [3.63, 3.8) is 0 Å². The summed E-state index contributed by atoms with van der Waals surface area (Å²) in [4.78, 5) is 11.6. The van der Waals surface area contributed by atoms with Gasteiger partial charge in [-0.15, -0.1) is 0 Å². The van der Waals surface area contributed by atoms with Crippen LogP contribution in [-0.4, -0.2) is 29.1 Å². The van der Waals surface area contributed by atoms with Gasteiger partial charge in [-0.05, 0) is 38.0 Å². The fourth-order valence-electron chi connectivity index (χ4n) is 3.45. The summed E-state index contributed by atoms with van der Waals surface area (Å²) in [6.45, 7) is 15.6. The van der Waals surface area contributed by atoms with E-state index in [1.807, 2.05) is 0 Å². The third-order valence-electron chi connectivity index (χ3n) is 4.65. The van der Waals surface area contributed by atoms with Crippen LogP contribution >= 0.6 is 0 Å². The molecule has 1 saturated heterocycles. The highest BCUT2D eigenvalue weighted by Gasteiger charge is 2.32. The summed E-state index contributed by atoms with van der Waals surface area (Å²) in [6, 6.07) is 0.531. The molecule has 0 bridgehead atoms. The van der Waals surface area contributed by atoms with Crippen LogP contribution in [0.2, 0.25) is 0 Å². The largest absolute Gasteiger partial charge is 0.370 e. The average Bonchev–Trinajstić information content (AvgIpc) is 2.42. The van der Waals surface area contributed by atoms with E-state index in [-0.39, 0.29) is 0 Å². The molecular formula is C17H30N4. The van der Waals surface area contributed by atoms with Crippen molar-refractivity contribution in [2.45, 2.75) is 59.9 Å². The summed E-state index contributed by atoms with van der Waals surface area (Å²) in [5.74, 6) is 3.95. The predicted molar refractivity (Wildman–Crippen MR) is 90.0 cm³/mol. The summed E-state index contributed by atoms with van der Waals surface area (Å²) in [5, 5.41) is 3.40. The molecule has 0 aromatic carbocycles. The van der Waals surface area contributed by atoms with Crippen molar-refractivity contribution in [2.75, 3.05) is 23.3 Å². The van der Waals surface area contributed by atoms with Crippen molar-refractivity contribution >= 4 is 11.6 Å². The molecule has 118 valence electrons. The zero-order valence-electron chi connectivity index (χ0n) is 14.3. The Bertz CT molecular complexity index is 472. The SMILES string of the molecule is CCNc1ncnc(N2CC(C)CC(C)C2C)c1C(C)C. The maximum atomic E-state index is 4.66. The highest BCUT2D eigenvalue weighted by Crippen LogP contribution is 2.36. The van der Waals surface area contributed by atoms with Gasteiger partial charge >= 0.3 is 0 Å². The molecule has 4 heteroatoms. The number of hydrogen-bond acceptors (Lipinski definition) is 4. The second-order valence-corrected chi connectivity index (χ2v) is 6.86. The maximum absolute atomic E-state index is 4.66.